The van der Waals surface area contributed by atoms with Gasteiger partial charge in [0.2, 0.25) is 0 Å². The van der Waals surface area contributed by atoms with Gasteiger partial charge in [-0.3, -0.25) is 14.3 Å². The van der Waals surface area contributed by atoms with E-state index >= 15 is 0 Å². The first-order chi connectivity index (χ1) is 7.00. The third kappa shape index (κ3) is 3.27. The summed E-state index contributed by atoms with van der Waals surface area (Å²) >= 11 is 0. The minimum absolute atomic E-state index is 0.229. The number of H-pyrrole nitrogens is 1. The van der Waals surface area contributed by atoms with E-state index < -0.39 is 11.2 Å². The SMILES string of the molecule is CC(C)CCCn1c(N)cc(=O)[nH]c1=O. The molecule has 0 bridgehead atoms. The third-order valence-corrected chi connectivity index (χ3v) is 2.23. The molecule has 0 aliphatic carbocycles. The van der Waals surface area contributed by atoms with Gasteiger partial charge in [-0.1, -0.05) is 13.8 Å². The molecule has 5 nitrogen and oxygen atoms in total. The van der Waals surface area contributed by atoms with E-state index in [2.05, 4.69) is 18.8 Å². The lowest BCUT2D eigenvalue weighted by molar-refractivity contribution is 0.504. The Balaban J connectivity index is 2.77. The Kier molecular flexibility index (Phi) is 3.71. The van der Waals surface area contributed by atoms with Crippen LogP contribution in [-0.4, -0.2) is 9.55 Å². The summed E-state index contributed by atoms with van der Waals surface area (Å²) in [5, 5.41) is 0. The maximum atomic E-state index is 11.4. The minimum atomic E-state index is -0.447. The second-order valence-corrected chi connectivity index (χ2v) is 4.05. The Bertz CT molecular complexity index is 431. The molecule has 0 unspecified atom stereocenters. The van der Waals surface area contributed by atoms with Crippen LogP contribution in [0.25, 0.3) is 0 Å². The molecule has 15 heavy (non-hydrogen) atoms. The Morgan fingerprint density at radius 2 is 2.13 bits per heavy atom. The summed E-state index contributed by atoms with van der Waals surface area (Å²) in [6, 6.07) is 1.23. The van der Waals surface area contributed by atoms with E-state index in [1.807, 2.05) is 0 Å². The van der Waals surface area contributed by atoms with Gasteiger partial charge >= 0.3 is 5.69 Å². The van der Waals surface area contributed by atoms with E-state index in [4.69, 9.17) is 5.73 Å². The zero-order valence-electron chi connectivity index (χ0n) is 9.12. The monoisotopic (exact) mass is 211 g/mol. The smallest absolute Gasteiger partial charge is 0.329 e. The van der Waals surface area contributed by atoms with Crippen LogP contribution in [-0.2, 0) is 6.54 Å². The summed E-state index contributed by atoms with van der Waals surface area (Å²) in [6.45, 7) is 4.80. The number of aromatic amines is 1. The first-order valence-corrected chi connectivity index (χ1v) is 5.10. The largest absolute Gasteiger partial charge is 0.385 e. The maximum absolute atomic E-state index is 11.4. The van der Waals surface area contributed by atoms with Gasteiger partial charge in [-0.15, -0.1) is 0 Å². The maximum Gasteiger partial charge on any atom is 0.329 e. The van der Waals surface area contributed by atoms with Crippen LogP contribution < -0.4 is 17.0 Å². The molecule has 1 rings (SSSR count). The van der Waals surface area contributed by atoms with Crippen molar-refractivity contribution >= 4 is 5.82 Å². The summed E-state index contributed by atoms with van der Waals surface area (Å²) in [6.07, 6.45) is 1.92. The van der Waals surface area contributed by atoms with Crippen molar-refractivity contribution in [1.29, 1.82) is 0 Å². The molecule has 0 saturated carbocycles. The molecule has 1 aromatic heterocycles. The van der Waals surface area contributed by atoms with Crippen LogP contribution in [0.1, 0.15) is 26.7 Å². The number of nitrogens with two attached hydrogens (primary N) is 1. The second kappa shape index (κ2) is 4.82. The highest BCUT2D eigenvalue weighted by molar-refractivity contribution is 5.25. The van der Waals surface area contributed by atoms with Crippen molar-refractivity contribution in [2.75, 3.05) is 5.73 Å². The fourth-order valence-corrected chi connectivity index (χ4v) is 1.43. The lowest BCUT2D eigenvalue weighted by atomic mass is 10.1. The van der Waals surface area contributed by atoms with Crippen LogP contribution in [0.15, 0.2) is 15.7 Å². The molecular weight excluding hydrogens is 194 g/mol. The number of anilines is 1. The first kappa shape index (κ1) is 11.6. The number of hydrogen-bond acceptors (Lipinski definition) is 3. The van der Waals surface area contributed by atoms with E-state index in [1.54, 1.807) is 0 Å². The summed E-state index contributed by atoms with van der Waals surface area (Å²) < 4.78 is 1.39. The van der Waals surface area contributed by atoms with Crippen LogP contribution in [0.2, 0.25) is 0 Å². The van der Waals surface area contributed by atoms with E-state index in [-0.39, 0.29) is 5.82 Å². The molecule has 1 aromatic rings. The topological polar surface area (TPSA) is 80.9 Å². The normalized spacial score (nSPS) is 10.9. The summed E-state index contributed by atoms with van der Waals surface area (Å²) in [4.78, 5) is 24.5. The van der Waals surface area contributed by atoms with Gasteiger partial charge in [0.25, 0.3) is 5.56 Å². The first-order valence-electron chi connectivity index (χ1n) is 5.10. The minimum Gasteiger partial charge on any atom is -0.385 e. The average molecular weight is 211 g/mol. The summed E-state index contributed by atoms with van der Waals surface area (Å²) in [5.74, 6) is 0.831. The van der Waals surface area contributed by atoms with Crippen molar-refractivity contribution in [1.82, 2.24) is 9.55 Å². The van der Waals surface area contributed by atoms with Crippen LogP contribution >= 0.6 is 0 Å². The molecule has 0 aliphatic heterocycles. The Morgan fingerprint density at radius 1 is 1.47 bits per heavy atom. The average Bonchev–Trinajstić information content (AvgIpc) is 2.08. The van der Waals surface area contributed by atoms with Gasteiger partial charge in [0.1, 0.15) is 5.82 Å². The van der Waals surface area contributed by atoms with Crippen molar-refractivity contribution in [2.45, 2.75) is 33.2 Å². The van der Waals surface area contributed by atoms with Crippen molar-refractivity contribution in [2.24, 2.45) is 5.92 Å². The van der Waals surface area contributed by atoms with Gasteiger partial charge < -0.3 is 5.73 Å². The third-order valence-electron chi connectivity index (χ3n) is 2.23. The van der Waals surface area contributed by atoms with Crippen LogP contribution in [0, 0.1) is 5.92 Å². The highest BCUT2D eigenvalue weighted by Crippen LogP contribution is 2.05. The molecular formula is C10H17N3O2. The fourth-order valence-electron chi connectivity index (χ4n) is 1.43. The van der Waals surface area contributed by atoms with E-state index in [1.165, 1.54) is 10.6 Å². The highest BCUT2D eigenvalue weighted by atomic mass is 16.2. The van der Waals surface area contributed by atoms with Crippen LogP contribution in [0.5, 0.6) is 0 Å². The van der Waals surface area contributed by atoms with Crippen molar-refractivity contribution in [3.05, 3.63) is 26.9 Å². The predicted molar refractivity (Wildman–Crippen MR) is 59.8 cm³/mol. The van der Waals surface area contributed by atoms with Crippen molar-refractivity contribution in [3.63, 3.8) is 0 Å². The highest BCUT2D eigenvalue weighted by Gasteiger charge is 2.02. The molecule has 0 aromatic carbocycles. The molecule has 0 radical (unpaired) electrons. The van der Waals surface area contributed by atoms with Gasteiger partial charge in [-0.25, -0.2) is 4.79 Å². The van der Waals surface area contributed by atoms with Gasteiger partial charge in [-0.05, 0) is 18.8 Å². The molecule has 0 atom stereocenters. The molecule has 0 amide bonds. The number of nitrogens with one attached hydrogen (secondary N) is 1. The molecule has 3 N–H and O–H groups in total. The summed E-state index contributed by atoms with van der Waals surface area (Å²) in [5.41, 5.74) is 4.71. The molecule has 0 saturated heterocycles. The standard InChI is InChI=1S/C10H17N3O2/c1-7(2)4-3-5-13-8(11)6-9(14)12-10(13)15/h6-7H,3-5,11H2,1-2H3,(H,12,14,15). The Labute approximate surface area is 87.9 Å². The Hall–Kier alpha value is -1.52. The van der Waals surface area contributed by atoms with Crippen LogP contribution in [0.4, 0.5) is 5.82 Å². The van der Waals surface area contributed by atoms with Crippen molar-refractivity contribution in [3.8, 4) is 0 Å². The molecule has 1 heterocycles. The zero-order valence-corrected chi connectivity index (χ0v) is 9.12. The number of hydrogen-bond donors (Lipinski definition) is 2. The quantitative estimate of drug-likeness (QED) is 0.763. The van der Waals surface area contributed by atoms with E-state index in [0.29, 0.717) is 12.5 Å². The number of nitrogens with zero attached hydrogens (tertiary/aromatic N) is 1. The lowest BCUT2D eigenvalue weighted by Gasteiger charge is -2.09. The van der Waals surface area contributed by atoms with Crippen molar-refractivity contribution < 1.29 is 0 Å². The molecule has 0 spiro atoms. The van der Waals surface area contributed by atoms with Gasteiger partial charge in [0.15, 0.2) is 0 Å². The molecule has 0 fully saturated rings. The van der Waals surface area contributed by atoms with Gasteiger partial charge in [0, 0.05) is 12.6 Å². The zero-order chi connectivity index (χ0) is 11.4. The molecule has 84 valence electrons. The van der Waals surface area contributed by atoms with Gasteiger partial charge in [-0.2, -0.15) is 0 Å². The van der Waals surface area contributed by atoms with Gasteiger partial charge in [0.05, 0.1) is 0 Å². The second-order valence-electron chi connectivity index (χ2n) is 4.05. The summed E-state index contributed by atoms with van der Waals surface area (Å²) in [7, 11) is 0. The number of nitrogen functional groups attached to an aromatic ring is 1. The Morgan fingerprint density at radius 3 is 2.67 bits per heavy atom. The number of aromatic nitrogens is 2. The number of rotatable bonds is 4. The van der Waals surface area contributed by atoms with E-state index in [0.717, 1.165) is 12.8 Å². The van der Waals surface area contributed by atoms with Crippen LogP contribution in [0.3, 0.4) is 0 Å². The molecule has 0 aliphatic rings. The fraction of sp³-hybridized carbons (Fsp3) is 0.600. The predicted octanol–water partition coefficient (Wildman–Crippen LogP) is 0.555. The van der Waals surface area contributed by atoms with E-state index in [9.17, 15) is 9.59 Å². The lowest BCUT2D eigenvalue weighted by Crippen LogP contribution is -2.31. The molecule has 5 heteroatoms.